The monoisotopic (exact) mass is 434 g/mol. The molecule has 0 radical (unpaired) electrons. The van der Waals surface area contributed by atoms with Crippen LogP contribution in [0, 0.1) is 0 Å². The zero-order chi connectivity index (χ0) is 21.6. The number of hydrogen-bond acceptors (Lipinski definition) is 6. The maximum atomic E-state index is 12.4. The van der Waals surface area contributed by atoms with Gasteiger partial charge in [-0.3, -0.25) is 4.79 Å². The molecule has 0 saturated heterocycles. The fourth-order valence-corrected chi connectivity index (χ4v) is 3.85. The van der Waals surface area contributed by atoms with Crippen molar-refractivity contribution in [1.82, 2.24) is 14.6 Å². The molecule has 0 aliphatic carbocycles. The Balaban J connectivity index is 1.47. The Labute approximate surface area is 184 Å². The first-order valence-electron chi connectivity index (χ1n) is 9.80. The largest absolute Gasteiger partial charge is 0.497 e. The summed E-state index contributed by atoms with van der Waals surface area (Å²) < 4.78 is 12.5. The lowest BCUT2D eigenvalue weighted by Crippen LogP contribution is -2.14. The zero-order valence-corrected chi connectivity index (χ0v) is 18.1. The number of carbonyl (C=O) groups is 1. The van der Waals surface area contributed by atoms with Gasteiger partial charge in [-0.2, -0.15) is 5.10 Å². The smallest absolute Gasteiger partial charge is 0.234 e. The maximum absolute atomic E-state index is 12.4. The van der Waals surface area contributed by atoms with Crippen LogP contribution in [0.5, 0.6) is 11.5 Å². The molecular weight excluding hydrogens is 412 g/mol. The molecule has 31 heavy (non-hydrogen) atoms. The third kappa shape index (κ3) is 4.97. The van der Waals surface area contributed by atoms with Crippen molar-refractivity contribution in [2.75, 3.05) is 24.8 Å². The van der Waals surface area contributed by atoms with Gasteiger partial charge in [0.2, 0.25) is 5.91 Å². The van der Waals surface area contributed by atoms with E-state index in [0.29, 0.717) is 18.0 Å². The number of anilines is 1. The van der Waals surface area contributed by atoms with Crippen LogP contribution in [0.1, 0.15) is 6.92 Å². The van der Waals surface area contributed by atoms with E-state index in [4.69, 9.17) is 9.47 Å². The van der Waals surface area contributed by atoms with Crippen LogP contribution in [0.3, 0.4) is 0 Å². The third-order valence-electron chi connectivity index (χ3n) is 4.51. The fraction of sp³-hybridized carbons (Fsp3) is 0.174. The number of aromatic nitrogens is 3. The van der Waals surface area contributed by atoms with Crippen molar-refractivity contribution >= 4 is 28.9 Å². The predicted octanol–water partition coefficient (Wildman–Crippen LogP) is 4.53. The maximum Gasteiger partial charge on any atom is 0.234 e. The van der Waals surface area contributed by atoms with Gasteiger partial charge in [0.1, 0.15) is 16.5 Å². The standard InChI is InChI=1S/C23H22N4O3S/c1-3-30-18-9-7-16(8-10-18)20-14-21-23(24-11-12-27(21)26-20)31-15-22(28)25-17-5-4-6-19(13-17)29-2/h4-14H,3,15H2,1-2H3,(H,25,28). The van der Waals surface area contributed by atoms with Gasteiger partial charge in [-0.1, -0.05) is 17.8 Å². The molecule has 0 bridgehead atoms. The fourth-order valence-electron chi connectivity index (χ4n) is 3.07. The minimum Gasteiger partial charge on any atom is -0.497 e. The van der Waals surface area contributed by atoms with E-state index in [1.54, 1.807) is 30.1 Å². The average Bonchev–Trinajstić information content (AvgIpc) is 3.23. The van der Waals surface area contributed by atoms with Crippen molar-refractivity contribution in [2.24, 2.45) is 0 Å². The Bertz CT molecular complexity index is 1190. The number of carbonyl (C=O) groups excluding carboxylic acids is 1. The summed E-state index contributed by atoms with van der Waals surface area (Å²) in [5, 5.41) is 8.26. The second-order valence-corrected chi connectivity index (χ2v) is 7.58. The Kier molecular flexibility index (Phi) is 6.37. The average molecular weight is 435 g/mol. The highest BCUT2D eigenvalue weighted by Crippen LogP contribution is 2.27. The SMILES string of the molecule is CCOc1ccc(-c2cc3c(SCC(=O)Nc4cccc(OC)c4)nccn3n2)cc1. The molecule has 0 saturated carbocycles. The molecule has 7 nitrogen and oxygen atoms in total. The molecule has 1 N–H and O–H groups in total. The third-order valence-corrected chi connectivity index (χ3v) is 5.50. The van der Waals surface area contributed by atoms with Gasteiger partial charge in [-0.25, -0.2) is 9.50 Å². The number of hydrogen-bond donors (Lipinski definition) is 1. The molecule has 0 atom stereocenters. The molecule has 4 rings (SSSR count). The number of nitrogens with one attached hydrogen (secondary N) is 1. The number of benzene rings is 2. The van der Waals surface area contributed by atoms with Crippen molar-refractivity contribution in [1.29, 1.82) is 0 Å². The Morgan fingerprint density at radius 3 is 2.74 bits per heavy atom. The molecule has 8 heteroatoms. The molecule has 2 aromatic carbocycles. The van der Waals surface area contributed by atoms with E-state index in [-0.39, 0.29) is 11.7 Å². The van der Waals surface area contributed by atoms with Crippen LogP contribution < -0.4 is 14.8 Å². The summed E-state index contributed by atoms with van der Waals surface area (Å²) >= 11 is 1.37. The van der Waals surface area contributed by atoms with Crippen molar-refractivity contribution < 1.29 is 14.3 Å². The molecule has 0 fully saturated rings. The summed E-state index contributed by atoms with van der Waals surface area (Å²) in [5.41, 5.74) is 3.36. The van der Waals surface area contributed by atoms with E-state index in [9.17, 15) is 4.79 Å². The Morgan fingerprint density at radius 1 is 1.13 bits per heavy atom. The lowest BCUT2D eigenvalue weighted by Gasteiger charge is -2.07. The first-order chi connectivity index (χ1) is 15.2. The van der Waals surface area contributed by atoms with Crippen LogP contribution in [0.15, 0.2) is 72.0 Å². The number of nitrogens with zero attached hydrogens (tertiary/aromatic N) is 3. The second kappa shape index (κ2) is 9.53. The van der Waals surface area contributed by atoms with Crippen LogP contribution in [0.2, 0.25) is 0 Å². The van der Waals surface area contributed by atoms with Crippen molar-refractivity contribution in [3.8, 4) is 22.8 Å². The molecule has 2 aromatic heterocycles. The Morgan fingerprint density at radius 2 is 1.97 bits per heavy atom. The van der Waals surface area contributed by atoms with E-state index in [0.717, 1.165) is 27.5 Å². The van der Waals surface area contributed by atoms with Crippen molar-refractivity contribution in [3.63, 3.8) is 0 Å². The first-order valence-corrected chi connectivity index (χ1v) is 10.8. The number of rotatable bonds is 8. The van der Waals surface area contributed by atoms with Crippen LogP contribution >= 0.6 is 11.8 Å². The zero-order valence-electron chi connectivity index (χ0n) is 17.2. The Hall–Kier alpha value is -3.52. The predicted molar refractivity (Wildman–Crippen MR) is 122 cm³/mol. The highest BCUT2D eigenvalue weighted by molar-refractivity contribution is 8.00. The van der Waals surface area contributed by atoms with Gasteiger partial charge in [0.05, 0.1) is 30.7 Å². The summed E-state index contributed by atoms with van der Waals surface area (Å²) in [6.45, 7) is 2.59. The topological polar surface area (TPSA) is 77.8 Å². The summed E-state index contributed by atoms with van der Waals surface area (Å²) in [5.74, 6) is 1.63. The molecule has 0 unspecified atom stereocenters. The van der Waals surface area contributed by atoms with Crippen molar-refractivity contribution in [3.05, 3.63) is 67.0 Å². The lowest BCUT2D eigenvalue weighted by atomic mass is 10.1. The first kappa shape index (κ1) is 20.7. The van der Waals surface area contributed by atoms with E-state index in [2.05, 4.69) is 15.4 Å². The quantitative estimate of drug-likeness (QED) is 0.411. The molecule has 158 valence electrons. The van der Waals surface area contributed by atoms with Gasteiger partial charge < -0.3 is 14.8 Å². The number of methoxy groups -OCH3 is 1. The molecule has 2 heterocycles. The van der Waals surface area contributed by atoms with E-state index < -0.39 is 0 Å². The van der Waals surface area contributed by atoms with Crippen LogP contribution in [0.25, 0.3) is 16.8 Å². The number of fused-ring (bicyclic) bond motifs is 1. The normalized spacial score (nSPS) is 10.8. The van der Waals surface area contributed by atoms with E-state index in [1.807, 2.05) is 55.5 Å². The molecule has 0 aliphatic rings. The second-order valence-electron chi connectivity index (χ2n) is 6.62. The van der Waals surface area contributed by atoms with Crippen LogP contribution in [0.4, 0.5) is 5.69 Å². The van der Waals surface area contributed by atoms with Gasteiger partial charge in [0, 0.05) is 29.7 Å². The van der Waals surface area contributed by atoms with Crippen LogP contribution in [-0.2, 0) is 4.79 Å². The summed E-state index contributed by atoms with van der Waals surface area (Å²) in [7, 11) is 1.59. The molecule has 4 aromatic rings. The molecular formula is C23H22N4O3S. The number of amides is 1. The summed E-state index contributed by atoms with van der Waals surface area (Å²) in [6.07, 6.45) is 3.48. The summed E-state index contributed by atoms with van der Waals surface area (Å²) in [4.78, 5) is 16.8. The van der Waals surface area contributed by atoms with E-state index >= 15 is 0 Å². The van der Waals surface area contributed by atoms with Gasteiger partial charge in [0.15, 0.2) is 0 Å². The molecule has 0 spiro atoms. The highest BCUT2D eigenvalue weighted by atomic mass is 32.2. The van der Waals surface area contributed by atoms with Gasteiger partial charge in [0.25, 0.3) is 0 Å². The summed E-state index contributed by atoms with van der Waals surface area (Å²) in [6, 6.07) is 17.1. The molecule has 1 amide bonds. The number of ether oxygens (including phenoxy) is 2. The molecule has 0 aliphatic heterocycles. The van der Waals surface area contributed by atoms with Crippen LogP contribution in [-0.4, -0.2) is 40.0 Å². The van der Waals surface area contributed by atoms with Gasteiger partial charge in [-0.05, 0) is 49.4 Å². The van der Waals surface area contributed by atoms with E-state index in [1.165, 1.54) is 11.8 Å². The van der Waals surface area contributed by atoms with Gasteiger partial charge >= 0.3 is 0 Å². The lowest BCUT2D eigenvalue weighted by molar-refractivity contribution is -0.113. The van der Waals surface area contributed by atoms with Crippen molar-refractivity contribution in [2.45, 2.75) is 11.9 Å². The minimum atomic E-state index is -0.117. The highest BCUT2D eigenvalue weighted by Gasteiger charge is 2.12. The minimum absolute atomic E-state index is 0.117. The number of thioether (sulfide) groups is 1. The van der Waals surface area contributed by atoms with Gasteiger partial charge in [-0.15, -0.1) is 0 Å².